The Bertz CT molecular complexity index is 1120. The van der Waals surface area contributed by atoms with Gasteiger partial charge in [0.05, 0.1) is 16.4 Å². The lowest BCUT2D eigenvalue weighted by molar-refractivity contribution is 0.620. The Morgan fingerprint density at radius 2 is 1.96 bits per heavy atom. The van der Waals surface area contributed by atoms with Crippen molar-refractivity contribution in [2.45, 2.75) is 0 Å². The van der Waals surface area contributed by atoms with Gasteiger partial charge in [0.15, 0.2) is 0 Å². The Morgan fingerprint density at radius 3 is 2.67 bits per heavy atom. The summed E-state index contributed by atoms with van der Waals surface area (Å²) in [6, 6.07) is 13.6. The van der Waals surface area contributed by atoms with Crippen molar-refractivity contribution in [1.82, 2.24) is 9.97 Å². The van der Waals surface area contributed by atoms with Crippen molar-refractivity contribution in [3.05, 3.63) is 78.7 Å². The fraction of sp³-hybridized carbons (Fsp3) is 0. The van der Waals surface area contributed by atoms with E-state index in [0.717, 1.165) is 0 Å². The van der Waals surface area contributed by atoms with Crippen molar-refractivity contribution >= 4 is 44.0 Å². The van der Waals surface area contributed by atoms with Crippen LogP contribution in [0.15, 0.2) is 61.3 Å². The van der Waals surface area contributed by atoms with Gasteiger partial charge in [-0.1, -0.05) is 46.3 Å². The molecule has 3 rings (SSSR count). The zero-order chi connectivity index (χ0) is 19.4. The molecule has 9 heteroatoms. The van der Waals surface area contributed by atoms with Gasteiger partial charge in [-0.25, -0.2) is 14.8 Å². The Hall–Kier alpha value is -2.83. The SMILES string of the molecule is N#Cc1c(-c2ccccc2)nc(NN=Cc2cc(Br)c(F)cc2Br)[nH]c1=O. The van der Waals surface area contributed by atoms with Crippen molar-refractivity contribution in [3.63, 3.8) is 0 Å². The number of nitrogens with zero attached hydrogens (tertiary/aromatic N) is 3. The highest BCUT2D eigenvalue weighted by Crippen LogP contribution is 2.24. The molecule has 0 bridgehead atoms. The maximum Gasteiger partial charge on any atom is 0.270 e. The van der Waals surface area contributed by atoms with Gasteiger partial charge in [0, 0.05) is 15.6 Å². The molecule has 0 atom stereocenters. The number of aromatic amines is 1. The standard InChI is InChI=1S/C18H10Br2FN5O/c19-13-7-15(21)14(20)6-11(13)9-23-26-18-24-16(10-4-2-1-3-5-10)12(8-22)17(27)25-18/h1-7,9H,(H2,24,25,26,27). The number of anilines is 1. The highest BCUT2D eigenvalue weighted by molar-refractivity contribution is 9.11. The molecule has 0 aliphatic heterocycles. The minimum absolute atomic E-state index is 0.0754. The van der Waals surface area contributed by atoms with Gasteiger partial charge < -0.3 is 0 Å². The quantitative estimate of drug-likeness (QED) is 0.321. The van der Waals surface area contributed by atoms with E-state index in [0.29, 0.717) is 20.1 Å². The highest BCUT2D eigenvalue weighted by Gasteiger charge is 2.13. The first-order valence-corrected chi connectivity index (χ1v) is 9.11. The molecule has 0 unspecified atom stereocenters. The zero-order valence-corrected chi connectivity index (χ0v) is 16.7. The maximum atomic E-state index is 13.5. The van der Waals surface area contributed by atoms with Crippen molar-refractivity contribution in [1.29, 1.82) is 5.26 Å². The number of H-pyrrole nitrogens is 1. The van der Waals surface area contributed by atoms with Gasteiger partial charge in [0.2, 0.25) is 5.95 Å². The first kappa shape index (κ1) is 18.9. The molecule has 3 aromatic rings. The Labute approximate surface area is 170 Å². The third-order valence-electron chi connectivity index (χ3n) is 3.49. The lowest BCUT2D eigenvalue weighted by Crippen LogP contribution is -2.16. The second kappa shape index (κ2) is 8.24. The molecular weight excluding hydrogens is 481 g/mol. The van der Waals surface area contributed by atoms with Crippen LogP contribution in [0.5, 0.6) is 0 Å². The fourth-order valence-corrected chi connectivity index (χ4v) is 3.01. The molecule has 0 saturated heterocycles. The summed E-state index contributed by atoms with van der Waals surface area (Å²) in [6.07, 6.45) is 1.44. The second-order valence-corrected chi connectivity index (χ2v) is 6.98. The van der Waals surface area contributed by atoms with E-state index >= 15 is 0 Å². The average Bonchev–Trinajstić information content (AvgIpc) is 2.66. The summed E-state index contributed by atoms with van der Waals surface area (Å²) in [7, 11) is 0. The van der Waals surface area contributed by atoms with E-state index in [1.54, 1.807) is 30.3 Å². The molecule has 27 heavy (non-hydrogen) atoms. The van der Waals surface area contributed by atoms with E-state index in [2.05, 4.69) is 52.4 Å². The van der Waals surface area contributed by atoms with E-state index in [4.69, 9.17) is 0 Å². The molecule has 134 valence electrons. The van der Waals surface area contributed by atoms with Crippen LogP contribution in [-0.2, 0) is 0 Å². The van der Waals surface area contributed by atoms with Crippen LogP contribution in [0.3, 0.4) is 0 Å². The van der Waals surface area contributed by atoms with Crippen LogP contribution in [0, 0.1) is 17.1 Å². The van der Waals surface area contributed by atoms with Crippen LogP contribution in [-0.4, -0.2) is 16.2 Å². The topological polar surface area (TPSA) is 93.9 Å². The fourth-order valence-electron chi connectivity index (χ4n) is 2.23. The number of nitrogens with one attached hydrogen (secondary N) is 2. The van der Waals surface area contributed by atoms with Gasteiger partial charge in [-0.2, -0.15) is 10.4 Å². The first-order chi connectivity index (χ1) is 13.0. The largest absolute Gasteiger partial charge is 0.290 e. The van der Waals surface area contributed by atoms with Crippen LogP contribution in [0.25, 0.3) is 11.3 Å². The monoisotopic (exact) mass is 489 g/mol. The molecular formula is C18H10Br2FN5O. The normalized spacial score (nSPS) is 10.7. The molecule has 0 fully saturated rings. The summed E-state index contributed by atoms with van der Waals surface area (Å²) in [5, 5.41) is 13.3. The minimum Gasteiger partial charge on any atom is -0.290 e. The highest BCUT2D eigenvalue weighted by atomic mass is 79.9. The molecule has 6 nitrogen and oxygen atoms in total. The van der Waals surface area contributed by atoms with Gasteiger partial charge in [0.1, 0.15) is 17.4 Å². The van der Waals surface area contributed by atoms with Gasteiger partial charge in [-0.15, -0.1) is 0 Å². The number of aromatic nitrogens is 2. The predicted octanol–water partition coefficient (Wildman–Crippen LogP) is 4.42. The van der Waals surface area contributed by atoms with Crippen molar-refractivity contribution in [3.8, 4) is 17.3 Å². The predicted molar refractivity (Wildman–Crippen MR) is 108 cm³/mol. The molecule has 1 heterocycles. The number of halogens is 3. The number of nitriles is 1. The second-order valence-electron chi connectivity index (χ2n) is 5.27. The van der Waals surface area contributed by atoms with Gasteiger partial charge in [-0.3, -0.25) is 9.78 Å². The van der Waals surface area contributed by atoms with Gasteiger partial charge in [0.25, 0.3) is 5.56 Å². The van der Waals surface area contributed by atoms with Crippen LogP contribution < -0.4 is 11.0 Å². The van der Waals surface area contributed by atoms with E-state index in [1.807, 2.05) is 12.1 Å². The zero-order valence-electron chi connectivity index (χ0n) is 13.5. The summed E-state index contributed by atoms with van der Waals surface area (Å²) in [4.78, 5) is 18.9. The summed E-state index contributed by atoms with van der Waals surface area (Å²) < 4.78 is 14.3. The number of hydrogen-bond acceptors (Lipinski definition) is 5. The van der Waals surface area contributed by atoms with Crippen LogP contribution in [0.1, 0.15) is 11.1 Å². The molecule has 0 radical (unpaired) electrons. The van der Waals surface area contributed by atoms with Gasteiger partial charge >= 0.3 is 0 Å². The summed E-state index contributed by atoms with van der Waals surface area (Å²) in [5.74, 6) is -0.330. The van der Waals surface area contributed by atoms with Crippen LogP contribution in [0.2, 0.25) is 0 Å². The average molecular weight is 491 g/mol. The van der Waals surface area contributed by atoms with E-state index < -0.39 is 11.4 Å². The van der Waals surface area contributed by atoms with Crippen molar-refractivity contribution in [2.24, 2.45) is 5.10 Å². The number of benzene rings is 2. The van der Waals surface area contributed by atoms with Crippen LogP contribution in [0.4, 0.5) is 10.3 Å². The minimum atomic E-state index is -0.574. The first-order valence-electron chi connectivity index (χ1n) is 7.53. The van der Waals surface area contributed by atoms with Crippen molar-refractivity contribution in [2.75, 3.05) is 5.43 Å². The number of rotatable bonds is 4. The maximum absolute atomic E-state index is 13.5. The summed E-state index contributed by atoms with van der Waals surface area (Å²) >= 11 is 6.36. The smallest absolute Gasteiger partial charge is 0.270 e. The molecule has 0 saturated carbocycles. The summed E-state index contributed by atoms with van der Waals surface area (Å²) in [6.45, 7) is 0. The van der Waals surface area contributed by atoms with Crippen LogP contribution >= 0.6 is 31.9 Å². The number of hydrogen-bond donors (Lipinski definition) is 2. The molecule has 0 aliphatic carbocycles. The lowest BCUT2D eigenvalue weighted by Gasteiger charge is -2.06. The molecule has 1 aromatic heterocycles. The molecule has 0 amide bonds. The molecule has 2 aromatic carbocycles. The molecule has 2 N–H and O–H groups in total. The van der Waals surface area contributed by atoms with Gasteiger partial charge in [-0.05, 0) is 28.1 Å². The molecule has 0 spiro atoms. The molecule has 0 aliphatic rings. The third kappa shape index (κ3) is 4.30. The van der Waals surface area contributed by atoms with E-state index in [-0.39, 0.29) is 17.2 Å². The summed E-state index contributed by atoms with van der Waals surface area (Å²) in [5.41, 5.74) is 3.46. The van der Waals surface area contributed by atoms with E-state index in [9.17, 15) is 14.4 Å². The number of hydrazone groups is 1. The van der Waals surface area contributed by atoms with E-state index in [1.165, 1.54) is 12.3 Å². The Morgan fingerprint density at radius 1 is 1.22 bits per heavy atom. The Kier molecular flexibility index (Phi) is 5.78. The Balaban J connectivity index is 1.93. The third-order valence-corrected chi connectivity index (χ3v) is 4.79. The van der Waals surface area contributed by atoms with Crippen molar-refractivity contribution < 1.29 is 4.39 Å². The lowest BCUT2D eigenvalue weighted by atomic mass is 10.1.